The van der Waals surface area contributed by atoms with E-state index in [0.29, 0.717) is 22.7 Å². The quantitative estimate of drug-likeness (QED) is 0.887. The van der Waals surface area contributed by atoms with Crippen LogP contribution in [0.15, 0.2) is 22.7 Å². The molecule has 1 amide bonds. The third-order valence-electron chi connectivity index (χ3n) is 3.80. The number of nitrogens with one attached hydrogen (secondary N) is 1. The zero-order chi connectivity index (χ0) is 15.4. The Balaban J connectivity index is 1.82. The lowest BCUT2D eigenvalue weighted by molar-refractivity contribution is -0.116. The minimum atomic E-state index is -0.419. The lowest BCUT2D eigenvalue weighted by Crippen LogP contribution is -2.40. The SMILES string of the molecule is CC1CC(C)CN(CCC(=O)Nc2ccc(Br)cc2F)C1. The molecule has 3 nitrogen and oxygen atoms in total. The van der Waals surface area contributed by atoms with Gasteiger partial charge in [0.1, 0.15) is 5.82 Å². The zero-order valence-electron chi connectivity index (χ0n) is 12.5. The van der Waals surface area contributed by atoms with Crippen molar-refractivity contribution in [3.05, 3.63) is 28.5 Å². The molecule has 1 aliphatic heterocycles. The Labute approximate surface area is 134 Å². The van der Waals surface area contributed by atoms with Gasteiger partial charge in [-0.1, -0.05) is 29.8 Å². The van der Waals surface area contributed by atoms with Crippen molar-refractivity contribution in [3.63, 3.8) is 0 Å². The van der Waals surface area contributed by atoms with Crippen molar-refractivity contribution < 1.29 is 9.18 Å². The van der Waals surface area contributed by atoms with Gasteiger partial charge in [0.2, 0.25) is 5.91 Å². The molecule has 0 aromatic heterocycles. The molecule has 0 radical (unpaired) electrons. The van der Waals surface area contributed by atoms with E-state index in [1.54, 1.807) is 12.1 Å². The highest BCUT2D eigenvalue weighted by Gasteiger charge is 2.22. The number of benzene rings is 1. The van der Waals surface area contributed by atoms with Gasteiger partial charge in [-0.15, -0.1) is 0 Å². The summed E-state index contributed by atoms with van der Waals surface area (Å²) in [5, 5.41) is 2.64. The molecule has 21 heavy (non-hydrogen) atoms. The number of rotatable bonds is 4. The zero-order valence-corrected chi connectivity index (χ0v) is 14.1. The number of halogens is 2. The monoisotopic (exact) mass is 356 g/mol. The predicted molar refractivity (Wildman–Crippen MR) is 86.7 cm³/mol. The second-order valence-corrected chi connectivity index (χ2v) is 7.04. The maximum atomic E-state index is 13.7. The van der Waals surface area contributed by atoms with Crippen LogP contribution in [0.5, 0.6) is 0 Å². The molecule has 2 rings (SSSR count). The summed E-state index contributed by atoms with van der Waals surface area (Å²) in [7, 11) is 0. The summed E-state index contributed by atoms with van der Waals surface area (Å²) in [4.78, 5) is 14.3. The summed E-state index contributed by atoms with van der Waals surface area (Å²) in [6.45, 7) is 7.33. The fourth-order valence-electron chi connectivity index (χ4n) is 3.04. The Morgan fingerprint density at radius 3 is 2.67 bits per heavy atom. The number of anilines is 1. The van der Waals surface area contributed by atoms with Crippen molar-refractivity contribution in [1.82, 2.24) is 4.90 Å². The Kier molecular flexibility index (Phi) is 5.76. The van der Waals surface area contributed by atoms with Crippen molar-refractivity contribution in [2.45, 2.75) is 26.7 Å². The van der Waals surface area contributed by atoms with E-state index in [0.717, 1.165) is 19.6 Å². The Bertz CT molecular complexity index is 499. The van der Waals surface area contributed by atoms with Crippen LogP contribution in [0.2, 0.25) is 0 Å². The topological polar surface area (TPSA) is 32.3 Å². The molecular weight excluding hydrogens is 335 g/mol. The molecule has 5 heteroatoms. The van der Waals surface area contributed by atoms with Gasteiger partial charge in [0.05, 0.1) is 5.69 Å². The summed E-state index contributed by atoms with van der Waals surface area (Å²) in [6, 6.07) is 4.64. The van der Waals surface area contributed by atoms with Crippen molar-refractivity contribution in [3.8, 4) is 0 Å². The Morgan fingerprint density at radius 2 is 2.05 bits per heavy atom. The van der Waals surface area contributed by atoms with E-state index in [-0.39, 0.29) is 11.6 Å². The van der Waals surface area contributed by atoms with Crippen molar-refractivity contribution in [2.24, 2.45) is 11.8 Å². The van der Waals surface area contributed by atoms with Crippen LogP contribution in [0.3, 0.4) is 0 Å². The number of hydrogen-bond donors (Lipinski definition) is 1. The van der Waals surface area contributed by atoms with Crippen LogP contribution in [-0.2, 0) is 4.79 Å². The van der Waals surface area contributed by atoms with E-state index in [1.165, 1.54) is 12.5 Å². The first-order valence-electron chi connectivity index (χ1n) is 7.41. The molecular formula is C16H22BrFN2O. The van der Waals surface area contributed by atoms with Gasteiger partial charge < -0.3 is 10.2 Å². The predicted octanol–water partition coefficient (Wildman–Crippen LogP) is 3.89. The molecule has 1 N–H and O–H groups in total. The molecule has 1 heterocycles. The molecule has 0 bridgehead atoms. The van der Waals surface area contributed by atoms with Crippen LogP contribution in [-0.4, -0.2) is 30.4 Å². The third kappa shape index (κ3) is 5.08. The summed E-state index contributed by atoms with van der Waals surface area (Å²) in [6.07, 6.45) is 1.65. The maximum absolute atomic E-state index is 13.7. The fraction of sp³-hybridized carbons (Fsp3) is 0.562. The van der Waals surface area contributed by atoms with E-state index >= 15 is 0 Å². The first kappa shape index (κ1) is 16.4. The Hall–Kier alpha value is -0.940. The van der Waals surface area contributed by atoms with Gasteiger partial charge in [0, 0.05) is 30.5 Å². The summed E-state index contributed by atoms with van der Waals surface area (Å²) < 4.78 is 14.3. The molecule has 1 aliphatic rings. The normalized spacial score (nSPS) is 23.0. The lowest BCUT2D eigenvalue weighted by atomic mass is 9.92. The van der Waals surface area contributed by atoms with Crippen molar-refractivity contribution in [1.29, 1.82) is 0 Å². The smallest absolute Gasteiger partial charge is 0.225 e. The standard InChI is InChI=1S/C16H22BrFN2O/c1-11-7-12(2)10-20(9-11)6-5-16(21)19-15-4-3-13(17)8-14(15)18/h3-4,8,11-12H,5-7,9-10H2,1-2H3,(H,19,21). The molecule has 2 unspecified atom stereocenters. The van der Waals surface area contributed by atoms with E-state index in [9.17, 15) is 9.18 Å². The lowest BCUT2D eigenvalue weighted by Gasteiger charge is -2.34. The molecule has 0 saturated carbocycles. The summed E-state index contributed by atoms with van der Waals surface area (Å²) in [5.41, 5.74) is 0.239. The van der Waals surface area contributed by atoms with Crippen LogP contribution < -0.4 is 5.32 Å². The van der Waals surface area contributed by atoms with Crippen LogP contribution >= 0.6 is 15.9 Å². The minimum absolute atomic E-state index is 0.137. The van der Waals surface area contributed by atoms with Gasteiger partial charge in [-0.25, -0.2) is 4.39 Å². The first-order valence-corrected chi connectivity index (χ1v) is 8.20. The van der Waals surface area contributed by atoms with Crippen LogP contribution in [0.25, 0.3) is 0 Å². The van der Waals surface area contributed by atoms with Crippen LogP contribution in [0, 0.1) is 17.7 Å². The van der Waals surface area contributed by atoms with Gasteiger partial charge in [0.25, 0.3) is 0 Å². The minimum Gasteiger partial charge on any atom is -0.324 e. The van der Waals surface area contributed by atoms with Gasteiger partial charge in [0.15, 0.2) is 0 Å². The summed E-state index contributed by atoms with van der Waals surface area (Å²) >= 11 is 3.20. The van der Waals surface area contributed by atoms with E-state index in [1.807, 2.05) is 0 Å². The first-order chi connectivity index (χ1) is 9.94. The average Bonchev–Trinajstić information content (AvgIpc) is 2.39. The number of likely N-dealkylation sites (tertiary alicyclic amines) is 1. The number of carbonyl (C=O) groups is 1. The number of hydrogen-bond acceptors (Lipinski definition) is 2. The van der Waals surface area contributed by atoms with Gasteiger partial charge in [-0.05, 0) is 36.5 Å². The highest BCUT2D eigenvalue weighted by molar-refractivity contribution is 9.10. The van der Waals surface area contributed by atoms with Gasteiger partial charge >= 0.3 is 0 Å². The molecule has 116 valence electrons. The number of piperidine rings is 1. The fourth-order valence-corrected chi connectivity index (χ4v) is 3.37. The van der Waals surface area contributed by atoms with E-state index in [4.69, 9.17) is 0 Å². The molecule has 0 aliphatic carbocycles. The van der Waals surface area contributed by atoms with Gasteiger partial charge in [-0.3, -0.25) is 4.79 Å². The number of amides is 1. The van der Waals surface area contributed by atoms with Crippen molar-refractivity contribution in [2.75, 3.05) is 25.0 Å². The van der Waals surface area contributed by atoms with E-state index in [2.05, 4.69) is 40.0 Å². The highest BCUT2D eigenvalue weighted by Crippen LogP contribution is 2.22. The summed E-state index contributed by atoms with van der Waals surface area (Å²) in [5.74, 6) is 0.807. The third-order valence-corrected chi connectivity index (χ3v) is 4.30. The second kappa shape index (κ2) is 7.36. The highest BCUT2D eigenvalue weighted by atomic mass is 79.9. The molecule has 1 fully saturated rings. The van der Waals surface area contributed by atoms with Crippen molar-refractivity contribution >= 4 is 27.5 Å². The van der Waals surface area contributed by atoms with Crippen LogP contribution in [0.4, 0.5) is 10.1 Å². The maximum Gasteiger partial charge on any atom is 0.225 e. The van der Waals surface area contributed by atoms with E-state index < -0.39 is 5.82 Å². The molecule has 0 spiro atoms. The molecule has 1 aromatic rings. The second-order valence-electron chi connectivity index (χ2n) is 6.13. The molecule has 2 atom stereocenters. The number of carbonyl (C=O) groups excluding carboxylic acids is 1. The molecule has 1 saturated heterocycles. The van der Waals surface area contributed by atoms with Crippen LogP contribution in [0.1, 0.15) is 26.7 Å². The largest absolute Gasteiger partial charge is 0.324 e. The van der Waals surface area contributed by atoms with Gasteiger partial charge in [-0.2, -0.15) is 0 Å². The average molecular weight is 357 g/mol. The Morgan fingerprint density at radius 1 is 1.38 bits per heavy atom. The molecule has 1 aromatic carbocycles. The number of nitrogens with zero attached hydrogens (tertiary/aromatic N) is 1.